The van der Waals surface area contributed by atoms with Crippen LogP contribution in [-0.4, -0.2) is 37.2 Å². The summed E-state index contributed by atoms with van der Waals surface area (Å²) < 4.78 is 10.6. The number of nitrogens with zero attached hydrogens (tertiary/aromatic N) is 3. The molecular formula is C20H19N3O5. The number of carbonyl (C=O) groups excluding carboxylic acids is 1. The number of rotatable bonds is 7. The highest BCUT2D eigenvalue weighted by Gasteiger charge is 2.24. The molecule has 0 saturated carbocycles. The first-order chi connectivity index (χ1) is 13.6. The van der Waals surface area contributed by atoms with Crippen molar-refractivity contribution in [1.82, 2.24) is 0 Å². The Morgan fingerprint density at radius 2 is 1.86 bits per heavy atom. The molecule has 2 aromatic rings. The van der Waals surface area contributed by atoms with Gasteiger partial charge in [-0.05, 0) is 49.2 Å². The number of hydrogen-bond acceptors (Lipinski definition) is 7. The van der Waals surface area contributed by atoms with Crippen molar-refractivity contribution in [1.29, 1.82) is 5.26 Å². The van der Waals surface area contributed by atoms with Gasteiger partial charge in [-0.1, -0.05) is 0 Å². The van der Waals surface area contributed by atoms with E-state index in [9.17, 15) is 14.9 Å². The maximum absolute atomic E-state index is 12.2. The summed E-state index contributed by atoms with van der Waals surface area (Å²) >= 11 is 0. The van der Waals surface area contributed by atoms with Crippen molar-refractivity contribution in [3.8, 4) is 11.8 Å². The molecule has 0 unspecified atom stereocenters. The van der Waals surface area contributed by atoms with Crippen molar-refractivity contribution in [2.45, 2.75) is 12.8 Å². The van der Waals surface area contributed by atoms with Gasteiger partial charge in [-0.15, -0.1) is 0 Å². The lowest BCUT2D eigenvalue weighted by Crippen LogP contribution is -2.19. The van der Waals surface area contributed by atoms with Crippen LogP contribution < -0.4 is 9.64 Å². The van der Waals surface area contributed by atoms with Crippen LogP contribution in [0.3, 0.4) is 0 Å². The van der Waals surface area contributed by atoms with E-state index in [0.717, 1.165) is 25.9 Å². The Morgan fingerprint density at radius 3 is 2.50 bits per heavy atom. The van der Waals surface area contributed by atoms with Crippen molar-refractivity contribution in [3.05, 3.63) is 63.7 Å². The van der Waals surface area contributed by atoms with Crippen molar-refractivity contribution >= 4 is 17.3 Å². The van der Waals surface area contributed by atoms with Crippen LogP contribution in [0.15, 0.2) is 42.5 Å². The molecule has 144 valence electrons. The number of carbonyl (C=O) groups is 1. The second-order valence-corrected chi connectivity index (χ2v) is 6.28. The number of nitro benzene ring substituents is 1. The number of nitro groups is 1. The van der Waals surface area contributed by atoms with Crippen LogP contribution >= 0.6 is 0 Å². The third kappa shape index (κ3) is 4.57. The summed E-state index contributed by atoms with van der Waals surface area (Å²) in [6.07, 6.45) is 2.00. The fourth-order valence-corrected chi connectivity index (χ4v) is 3.02. The summed E-state index contributed by atoms with van der Waals surface area (Å²) in [5, 5.41) is 20.2. The lowest BCUT2D eigenvalue weighted by atomic mass is 10.1. The van der Waals surface area contributed by atoms with E-state index in [-0.39, 0.29) is 24.5 Å². The zero-order valence-electron chi connectivity index (χ0n) is 15.2. The molecule has 8 heteroatoms. The minimum Gasteiger partial charge on any atom is -0.490 e. The second kappa shape index (κ2) is 8.86. The maximum Gasteiger partial charge on any atom is 0.338 e. The van der Waals surface area contributed by atoms with Gasteiger partial charge >= 0.3 is 5.97 Å². The van der Waals surface area contributed by atoms with E-state index in [4.69, 9.17) is 14.7 Å². The standard InChI is InChI=1S/C20H19N3O5/c21-14-15-3-6-17(7-4-15)27-11-12-28-20(24)16-5-8-18(19(13-16)23(25)26)22-9-1-2-10-22/h3-8,13H,1-2,9-12H2. The van der Waals surface area contributed by atoms with E-state index < -0.39 is 10.9 Å². The van der Waals surface area contributed by atoms with Gasteiger partial charge in [-0.3, -0.25) is 10.1 Å². The van der Waals surface area contributed by atoms with E-state index in [1.165, 1.54) is 6.07 Å². The van der Waals surface area contributed by atoms with Crippen LogP contribution in [0, 0.1) is 21.4 Å². The molecule has 0 aliphatic carbocycles. The van der Waals surface area contributed by atoms with E-state index in [0.29, 0.717) is 17.0 Å². The number of esters is 1. The highest BCUT2D eigenvalue weighted by Crippen LogP contribution is 2.31. The van der Waals surface area contributed by atoms with Gasteiger partial charge in [0.15, 0.2) is 0 Å². The fourth-order valence-electron chi connectivity index (χ4n) is 3.02. The predicted molar refractivity (Wildman–Crippen MR) is 101 cm³/mol. The molecule has 2 aromatic carbocycles. The topological polar surface area (TPSA) is 106 Å². The van der Waals surface area contributed by atoms with Crippen molar-refractivity contribution in [3.63, 3.8) is 0 Å². The summed E-state index contributed by atoms with van der Waals surface area (Å²) in [4.78, 5) is 25.1. The first-order valence-corrected chi connectivity index (χ1v) is 8.92. The van der Waals surface area contributed by atoms with E-state index in [1.54, 1.807) is 36.4 Å². The van der Waals surface area contributed by atoms with Crippen molar-refractivity contribution in [2.24, 2.45) is 0 Å². The predicted octanol–water partition coefficient (Wildman–Crippen LogP) is 3.30. The third-order valence-corrected chi connectivity index (χ3v) is 4.42. The van der Waals surface area contributed by atoms with Gasteiger partial charge in [0.2, 0.25) is 0 Å². The van der Waals surface area contributed by atoms with Gasteiger partial charge in [0.25, 0.3) is 5.69 Å². The normalized spacial score (nSPS) is 13.0. The van der Waals surface area contributed by atoms with Crippen LogP contribution in [-0.2, 0) is 4.74 Å². The third-order valence-electron chi connectivity index (χ3n) is 4.42. The molecule has 0 aromatic heterocycles. The SMILES string of the molecule is N#Cc1ccc(OCCOC(=O)c2ccc(N3CCCC3)c([N+](=O)[O-])c2)cc1. The van der Waals surface area contributed by atoms with Gasteiger partial charge in [0.05, 0.1) is 22.1 Å². The number of benzene rings is 2. The van der Waals surface area contributed by atoms with Gasteiger partial charge in [0.1, 0.15) is 24.7 Å². The Bertz CT molecular complexity index is 899. The van der Waals surface area contributed by atoms with E-state index in [1.807, 2.05) is 11.0 Å². The monoisotopic (exact) mass is 381 g/mol. The molecule has 0 atom stereocenters. The molecule has 28 heavy (non-hydrogen) atoms. The molecule has 0 spiro atoms. The average molecular weight is 381 g/mol. The van der Waals surface area contributed by atoms with Crippen LogP contribution in [0.4, 0.5) is 11.4 Å². The highest BCUT2D eigenvalue weighted by molar-refractivity contribution is 5.91. The Kier molecular flexibility index (Phi) is 6.07. The molecule has 0 bridgehead atoms. The van der Waals surface area contributed by atoms with Gasteiger partial charge in [0, 0.05) is 19.2 Å². The Morgan fingerprint density at radius 1 is 1.14 bits per heavy atom. The maximum atomic E-state index is 12.2. The summed E-state index contributed by atoms with van der Waals surface area (Å²) in [5.41, 5.74) is 1.10. The summed E-state index contributed by atoms with van der Waals surface area (Å²) in [7, 11) is 0. The van der Waals surface area contributed by atoms with Crippen LogP contribution in [0.2, 0.25) is 0 Å². The number of ether oxygens (including phenoxy) is 2. The molecule has 0 amide bonds. The van der Waals surface area contributed by atoms with E-state index in [2.05, 4.69) is 0 Å². The zero-order valence-corrected chi connectivity index (χ0v) is 15.2. The summed E-state index contributed by atoms with van der Waals surface area (Å²) in [5.74, 6) is -0.0832. The molecule has 1 aliphatic rings. The summed E-state index contributed by atoms with van der Waals surface area (Å²) in [6.45, 7) is 1.68. The Balaban J connectivity index is 1.56. The zero-order chi connectivity index (χ0) is 19.9. The van der Waals surface area contributed by atoms with Gasteiger partial charge in [-0.2, -0.15) is 5.26 Å². The average Bonchev–Trinajstić information content (AvgIpc) is 3.25. The Labute approximate surface area is 162 Å². The Hall–Kier alpha value is -3.60. The first kappa shape index (κ1) is 19.2. The first-order valence-electron chi connectivity index (χ1n) is 8.92. The molecule has 1 fully saturated rings. The molecule has 3 rings (SSSR count). The molecule has 0 radical (unpaired) electrons. The minimum absolute atomic E-state index is 0.000505. The number of anilines is 1. The quantitative estimate of drug-likeness (QED) is 0.313. The smallest absolute Gasteiger partial charge is 0.338 e. The molecule has 1 aliphatic heterocycles. The lowest BCUT2D eigenvalue weighted by Gasteiger charge is -2.17. The molecule has 0 N–H and O–H groups in total. The van der Waals surface area contributed by atoms with Crippen LogP contribution in [0.1, 0.15) is 28.8 Å². The highest BCUT2D eigenvalue weighted by atomic mass is 16.6. The molecule has 8 nitrogen and oxygen atoms in total. The van der Waals surface area contributed by atoms with Crippen LogP contribution in [0.5, 0.6) is 5.75 Å². The lowest BCUT2D eigenvalue weighted by molar-refractivity contribution is -0.384. The molecule has 1 heterocycles. The molecular weight excluding hydrogens is 362 g/mol. The fraction of sp³-hybridized carbons (Fsp3) is 0.300. The summed E-state index contributed by atoms with van der Waals surface area (Å²) in [6, 6.07) is 13.0. The largest absolute Gasteiger partial charge is 0.490 e. The van der Waals surface area contributed by atoms with Crippen LogP contribution in [0.25, 0.3) is 0 Å². The number of hydrogen-bond donors (Lipinski definition) is 0. The van der Waals surface area contributed by atoms with Crippen molar-refractivity contribution in [2.75, 3.05) is 31.2 Å². The van der Waals surface area contributed by atoms with E-state index >= 15 is 0 Å². The van der Waals surface area contributed by atoms with Crippen molar-refractivity contribution < 1.29 is 19.2 Å². The minimum atomic E-state index is -0.639. The van der Waals surface area contributed by atoms with Gasteiger partial charge < -0.3 is 14.4 Å². The molecule has 1 saturated heterocycles. The second-order valence-electron chi connectivity index (χ2n) is 6.28. The number of nitriles is 1. The van der Waals surface area contributed by atoms with Gasteiger partial charge in [-0.25, -0.2) is 4.79 Å².